The van der Waals surface area contributed by atoms with E-state index in [9.17, 15) is 4.79 Å². The number of allylic oxidation sites excluding steroid dienone is 2. The molecule has 1 aromatic heterocycles. The molecule has 0 aliphatic carbocycles. The number of hydrogen-bond acceptors (Lipinski definition) is 6. The minimum Gasteiger partial charge on any atom is -0.457 e. The second-order valence-corrected chi connectivity index (χ2v) is 11.2. The van der Waals surface area contributed by atoms with Crippen LogP contribution in [0.4, 0.5) is 10.1 Å². The standard InChI is InChI=1S/C32H39FN6O2/c1-21-7-6-14-34-31(36-24-10-8-23(9-11-24)20-39-17-15-38(5)16-18-39)28(32(40)37(3)4)30(21)41-27-13-12-26-25(29(27)33)19-22(2)35-26/h6,8-14,19,21,35H,7,15-18,20H2,1-5H3,(H,34,36)/b14-6+,30-28-. The first-order chi connectivity index (χ1) is 19.7. The van der Waals surface area contributed by atoms with Crippen LogP contribution in [-0.4, -0.2) is 78.7 Å². The quantitative estimate of drug-likeness (QED) is 0.438. The molecule has 2 aliphatic heterocycles. The summed E-state index contributed by atoms with van der Waals surface area (Å²) in [7, 11) is 5.53. The second kappa shape index (κ2) is 12.3. The normalized spacial score (nSPS) is 22.5. The average molecular weight is 559 g/mol. The topological polar surface area (TPSA) is 76.2 Å². The number of aliphatic imine (C=N–C) groups is 1. The van der Waals surface area contributed by atoms with E-state index in [1.165, 1.54) is 10.5 Å². The fourth-order valence-corrected chi connectivity index (χ4v) is 5.18. The number of carbonyl (C=O) groups excluding carboxylic acids is 1. The zero-order valence-electron chi connectivity index (χ0n) is 24.5. The lowest BCUT2D eigenvalue weighted by molar-refractivity contribution is -0.124. The smallest absolute Gasteiger partial charge is 0.260 e. The lowest BCUT2D eigenvalue weighted by atomic mass is 9.98. The van der Waals surface area contributed by atoms with Crippen molar-refractivity contribution in [2.24, 2.45) is 10.9 Å². The molecule has 0 saturated carbocycles. The lowest BCUT2D eigenvalue weighted by Crippen LogP contribution is -2.43. The number of hydrogen-bond donors (Lipinski definition) is 2. The van der Waals surface area contributed by atoms with E-state index in [4.69, 9.17) is 4.74 Å². The van der Waals surface area contributed by atoms with Gasteiger partial charge in [-0.3, -0.25) is 9.69 Å². The Morgan fingerprint density at radius 2 is 1.88 bits per heavy atom. The molecule has 2 N–H and O–H groups in total. The van der Waals surface area contributed by atoms with Crippen molar-refractivity contribution in [3.63, 3.8) is 0 Å². The van der Waals surface area contributed by atoms with Gasteiger partial charge >= 0.3 is 0 Å². The first-order valence-corrected chi connectivity index (χ1v) is 14.1. The van der Waals surface area contributed by atoms with Gasteiger partial charge in [0, 0.05) is 81.2 Å². The summed E-state index contributed by atoms with van der Waals surface area (Å²) in [6.07, 6.45) is 4.22. The molecule has 1 atom stereocenters. The number of nitrogens with zero attached hydrogens (tertiary/aromatic N) is 4. The Bertz CT molecular complexity index is 1500. The lowest BCUT2D eigenvalue weighted by Gasteiger charge is -2.32. The first-order valence-electron chi connectivity index (χ1n) is 14.1. The highest BCUT2D eigenvalue weighted by molar-refractivity contribution is 6.25. The van der Waals surface area contributed by atoms with Crippen LogP contribution in [0.25, 0.3) is 10.9 Å². The molecule has 0 bridgehead atoms. The van der Waals surface area contributed by atoms with Crippen molar-refractivity contribution < 1.29 is 13.9 Å². The molecule has 8 nitrogen and oxygen atoms in total. The monoisotopic (exact) mass is 558 g/mol. The van der Waals surface area contributed by atoms with Gasteiger partial charge in [0.1, 0.15) is 17.2 Å². The highest BCUT2D eigenvalue weighted by Crippen LogP contribution is 2.32. The molecule has 0 spiro atoms. The molecule has 1 saturated heterocycles. The van der Waals surface area contributed by atoms with E-state index in [2.05, 4.69) is 44.3 Å². The number of rotatable bonds is 6. The Morgan fingerprint density at radius 1 is 1.15 bits per heavy atom. The number of amides is 1. The molecule has 2 aliphatic rings. The summed E-state index contributed by atoms with van der Waals surface area (Å²) in [5.41, 5.74) is 3.85. The van der Waals surface area contributed by atoms with E-state index in [-0.39, 0.29) is 23.1 Å². The van der Waals surface area contributed by atoms with Gasteiger partial charge in [0.05, 0.1) is 0 Å². The number of H-pyrrole nitrogens is 1. The van der Waals surface area contributed by atoms with Gasteiger partial charge in [-0.05, 0) is 56.3 Å². The van der Waals surface area contributed by atoms with Gasteiger partial charge in [-0.25, -0.2) is 9.38 Å². The maximum Gasteiger partial charge on any atom is 0.260 e. The van der Waals surface area contributed by atoms with Crippen molar-refractivity contribution >= 4 is 28.3 Å². The Hall–Kier alpha value is -3.95. The Morgan fingerprint density at radius 3 is 2.59 bits per heavy atom. The van der Waals surface area contributed by atoms with Crippen LogP contribution in [0.5, 0.6) is 5.75 Å². The van der Waals surface area contributed by atoms with Crippen molar-refractivity contribution in [2.45, 2.75) is 26.8 Å². The van der Waals surface area contributed by atoms with Crippen LogP contribution in [0.3, 0.4) is 0 Å². The van der Waals surface area contributed by atoms with Crippen LogP contribution >= 0.6 is 0 Å². The third kappa shape index (κ3) is 6.52. The van der Waals surface area contributed by atoms with Gasteiger partial charge in [0.25, 0.3) is 5.91 Å². The van der Waals surface area contributed by atoms with Gasteiger partial charge < -0.3 is 24.8 Å². The van der Waals surface area contributed by atoms with Crippen LogP contribution < -0.4 is 10.1 Å². The van der Waals surface area contributed by atoms with Gasteiger partial charge in [0.2, 0.25) is 0 Å². The molecule has 1 unspecified atom stereocenters. The van der Waals surface area contributed by atoms with Gasteiger partial charge in [0.15, 0.2) is 11.6 Å². The van der Waals surface area contributed by atoms with Crippen molar-refractivity contribution in [1.82, 2.24) is 19.7 Å². The molecule has 1 fully saturated rings. The molecule has 5 rings (SSSR count). The molecule has 3 heterocycles. The van der Waals surface area contributed by atoms with E-state index in [0.29, 0.717) is 28.9 Å². The largest absolute Gasteiger partial charge is 0.457 e. The number of benzene rings is 2. The number of piperazine rings is 1. The Labute approximate surface area is 241 Å². The van der Waals surface area contributed by atoms with Gasteiger partial charge in [-0.2, -0.15) is 0 Å². The highest BCUT2D eigenvalue weighted by atomic mass is 19.1. The fourth-order valence-electron chi connectivity index (χ4n) is 5.18. The van der Waals surface area contributed by atoms with Crippen molar-refractivity contribution in [3.8, 4) is 5.75 Å². The summed E-state index contributed by atoms with van der Waals surface area (Å²) in [5.74, 6) is -0.155. The number of nitrogens with one attached hydrogen (secondary N) is 2. The number of fused-ring (bicyclic) bond motifs is 1. The molecule has 2 aromatic carbocycles. The number of halogens is 1. The maximum atomic E-state index is 15.6. The summed E-state index contributed by atoms with van der Waals surface area (Å²) in [6.45, 7) is 9.01. The summed E-state index contributed by atoms with van der Waals surface area (Å²) in [4.78, 5) is 27.7. The van der Waals surface area contributed by atoms with Crippen molar-refractivity contribution in [1.29, 1.82) is 0 Å². The van der Waals surface area contributed by atoms with Gasteiger partial charge in [-0.1, -0.05) is 25.1 Å². The summed E-state index contributed by atoms with van der Waals surface area (Å²) >= 11 is 0. The molecular weight excluding hydrogens is 519 g/mol. The molecule has 3 aromatic rings. The number of likely N-dealkylation sites (N-methyl/N-ethyl adjacent to an activating group) is 2. The Kier molecular flexibility index (Phi) is 8.56. The number of amidine groups is 1. The number of aromatic amines is 1. The van der Waals surface area contributed by atoms with E-state index in [0.717, 1.165) is 44.1 Å². The third-order valence-electron chi connectivity index (χ3n) is 7.63. The Balaban J connectivity index is 1.46. The van der Waals surface area contributed by atoms with Crippen molar-refractivity contribution in [3.05, 3.63) is 83.1 Å². The van der Waals surface area contributed by atoms with Gasteiger partial charge in [-0.15, -0.1) is 0 Å². The van der Waals surface area contributed by atoms with E-state index in [1.807, 2.05) is 32.1 Å². The van der Waals surface area contributed by atoms with E-state index in [1.54, 1.807) is 38.5 Å². The number of anilines is 1. The average Bonchev–Trinajstić information content (AvgIpc) is 3.34. The number of aryl methyl sites for hydroxylation is 1. The molecular formula is C32H39FN6O2. The minimum absolute atomic E-state index is 0.0690. The van der Waals surface area contributed by atoms with Crippen LogP contribution in [0, 0.1) is 18.7 Å². The van der Waals surface area contributed by atoms with E-state index >= 15 is 4.39 Å². The van der Waals surface area contributed by atoms with Crippen LogP contribution in [0.1, 0.15) is 24.6 Å². The molecule has 1 amide bonds. The van der Waals surface area contributed by atoms with E-state index < -0.39 is 5.82 Å². The van der Waals surface area contributed by atoms with Crippen LogP contribution in [0.2, 0.25) is 0 Å². The molecule has 9 heteroatoms. The molecule has 216 valence electrons. The number of aromatic nitrogens is 1. The second-order valence-electron chi connectivity index (χ2n) is 11.2. The minimum atomic E-state index is -0.469. The summed E-state index contributed by atoms with van der Waals surface area (Å²) in [5, 5.41) is 3.80. The number of ether oxygens (including phenoxy) is 1. The van der Waals surface area contributed by atoms with Crippen LogP contribution in [-0.2, 0) is 11.3 Å². The fraction of sp³-hybridized carbons (Fsp3) is 0.375. The summed E-state index contributed by atoms with van der Waals surface area (Å²) in [6, 6.07) is 13.3. The predicted octanol–water partition coefficient (Wildman–Crippen LogP) is 5.15. The van der Waals surface area contributed by atoms with Crippen molar-refractivity contribution in [2.75, 3.05) is 52.6 Å². The summed E-state index contributed by atoms with van der Waals surface area (Å²) < 4.78 is 21.9. The maximum absolute atomic E-state index is 15.6. The highest BCUT2D eigenvalue weighted by Gasteiger charge is 2.29. The number of carbonyl (C=O) groups is 1. The van der Waals surface area contributed by atoms with Crippen LogP contribution in [0.15, 0.2) is 71.1 Å². The predicted molar refractivity (Wildman–Crippen MR) is 163 cm³/mol. The molecule has 41 heavy (non-hydrogen) atoms. The SMILES string of the molecule is Cc1cc2c(F)c(O/C3=C(C(=O)N(C)C)/C(Nc4ccc(CN5CCN(C)CC5)cc4)=N/C=C/CC3C)ccc2[nH]1. The molecule has 0 radical (unpaired) electrons. The zero-order chi connectivity index (χ0) is 29.1. The zero-order valence-corrected chi connectivity index (χ0v) is 24.5. The first kappa shape index (κ1) is 28.6. The third-order valence-corrected chi connectivity index (χ3v) is 7.63.